The number of aliphatic hydroxyl groups excluding tert-OH is 1. The van der Waals surface area contributed by atoms with E-state index >= 15 is 0 Å². The predicted molar refractivity (Wildman–Crippen MR) is 87.4 cm³/mol. The zero-order valence-corrected chi connectivity index (χ0v) is 13.4. The van der Waals surface area contributed by atoms with Gasteiger partial charge < -0.3 is 10.0 Å². The van der Waals surface area contributed by atoms with Crippen LogP contribution in [-0.2, 0) is 6.61 Å². The van der Waals surface area contributed by atoms with Crippen LogP contribution in [-0.4, -0.2) is 34.2 Å². The Kier molecular flexibility index (Phi) is 4.43. The summed E-state index contributed by atoms with van der Waals surface area (Å²) in [6.07, 6.45) is 6.14. The van der Waals surface area contributed by atoms with Crippen molar-refractivity contribution in [3.63, 3.8) is 0 Å². The molecule has 0 aliphatic heterocycles. The first-order chi connectivity index (χ1) is 10.7. The molecule has 1 saturated carbocycles. The number of benzene rings is 1. The molecule has 1 aliphatic carbocycles. The summed E-state index contributed by atoms with van der Waals surface area (Å²) in [5.74, 6) is 0.458. The molecule has 0 amide bonds. The van der Waals surface area contributed by atoms with Crippen LogP contribution in [0.15, 0.2) is 24.3 Å². The van der Waals surface area contributed by atoms with Crippen LogP contribution in [0.3, 0.4) is 0 Å². The third kappa shape index (κ3) is 2.86. The van der Waals surface area contributed by atoms with E-state index in [-0.39, 0.29) is 6.61 Å². The van der Waals surface area contributed by atoms with Crippen LogP contribution < -0.4 is 4.90 Å². The zero-order valence-electron chi connectivity index (χ0n) is 13.4. The van der Waals surface area contributed by atoms with E-state index in [9.17, 15) is 5.11 Å². The van der Waals surface area contributed by atoms with Crippen molar-refractivity contribution in [1.82, 2.24) is 15.0 Å². The lowest BCUT2D eigenvalue weighted by molar-refractivity contribution is 0.273. The quantitative estimate of drug-likeness (QED) is 0.943. The van der Waals surface area contributed by atoms with Crippen LogP contribution in [0, 0.1) is 0 Å². The highest BCUT2D eigenvalue weighted by molar-refractivity contribution is 5.50. The number of hydrogen-bond donors (Lipinski definition) is 1. The number of aliphatic hydroxyl groups is 1. The van der Waals surface area contributed by atoms with Gasteiger partial charge in [0.2, 0.25) is 0 Å². The second-order valence-electron chi connectivity index (χ2n) is 6.24. The van der Waals surface area contributed by atoms with Gasteiger partial charge in [0, 0.05) is 25.7 Å². The summed E-state index contributed by atoms with van der Waals surface area (Å²) in [5.41, 5.74) is 3.99. The minimum absolute atomic E-state index is 0.0401. The Hall–Kier alpha value is -1.88. The first kappa shape index (κ1) is 15.0. The summed E-state index contributed by atoms with van der Waals surface area (Å²) in [5, 5.41) is 18.1. The topological polar surface area (TPSA) is 54.2 Å². The van der Waals surface area contributed by atoms with Crippen LogP contribution in [0.25, 0.3) is 5.69 Å². The molecule has 5 nitrogen and oxygen atoms in total. The highest BCUT2D eigenvalue weighted by Crippen LogP contribution is 2.35. The number of anilines is 1. The summed E-state index contributed by atoms with van der Waals surface area (Å²) in [4.78, 5) is 2.08. The maximum absolute atomic E-state index is 9.60. The summed E-state index contributed by atoms with van der Waals surface area (Å²) < 4.78 is 1.92. The van der Waals surface area contributed by atoms with E-state index in [1.54, 1.807) is 0 Å². The number of rotatable bonds is 4. The monoisotopic (exact) mass is 300 g/mol. The Bertz CT molecular complexity index is 612. The highest BCUT2D eigenvalue weighted by atomic mass is 16.3. The molecule has 2 aromatic rings. The van der Waals surface area contributed by atoms with Crippen molar-refractivity contribution in [3.05, 3.63) is 35.7 Å². The molecule has 1 aliphatic rings. The molecule has 1 heterocycles. The molecule has 0 spiro atoms. The molecule has 0 radical (unpaired) electrons. The SMILES string of the molecule is CN(C)c1ccc(-n2nnc(CO)c2C2CCCCC2)cc1. The maximum Gasteiger partial charge on any atom is 0.112 e. The fraction of sp³-hybridized carbons (Fsp3) is 0.529. The number of nitrogens with zero attached hydrogens (tertiary/aromatic N) is 4. The molecule has 0 unspecified atom stereocenters. The molecule has 1 aromatic heterocycles. The van der Waals surface area contributed by atoms with Crippen molar-refractivity contribution in [3.8, 4) is 5.69 Å². The van der Waals surface area contributed by atoms with Gasteiger partial charge in [-0.25, -0.2) is 4.68 Å². The first-order valence-corrected chi connectivity index (χ1v) is 8.04. The summed E-state index contributed by atoms with van der Waals surface area (Å²) in [6.45, 7) is -0.0401. The van der Waals surface area contributed by atoms with E-state index in [4.69, 9.17) is 0 Å². The third-order valence-corrected chi connectivity index (χ3v) is 4.53. The molecule has 0 bridgehead atoms. The van der Waals surface area contributed by atoms with Gasteiger partial charge in [-0.1, -0.05) is 24.5 Å². The van der Waals surface area contributed by atoms with Gasteiger partial charge >= 0.3 is 0 Å². The Morgan fingerprint density at radius 2 is 1.82 bits per heavy atom. The van der Waals surface area contributed by atoms with E-state index in [0.29, 0.717) is 5.92 Å². The normalized spacial score (nSPS) is 16.0. The Morgan fingerprint density at radius 1 is 1.14 bits per heavy atom. The van der Waals surface area contributed by atoms with E-state index in [0.717, 1.165) is 35.6 Å². The van der Waals surface area contributed by atoms with Crippen molar-refractivity contribution in [2.75, 3.05) is 19.0 Å². The van der Waals surface area contributed by atoms with Gasteiger partial charge in [-0.15, -0.1) is 5.10 Å². The molecular weight excluding hydrogens is 276 g/mol. The summed E-state index contributed by atoms with van der Waals surface area (Å²) in [6, 6.07) is 8.30. The fourth-order valence-corrected chi connectivity index (χ4v) is 3.30. The van der Waals surface area contributed by atoms with Crippen LogP contribution in [0.5, 0.6) is 0 Å². The molecule has 5 heteroatoms. The molecule has 0 atom stereocenters. The third-order valence-electron chi connectivity index (χ3n) is 4.53. The minimum Gasteiger partial charge on any atom is -0.390 e. The average Bonchev–Trinajstić information content (AvgIpc) is 2.99. The second kappa shape index (κ2) is 6.48. The Labute approximate surface area is 131 Å². The highest BCUT2D eigenvalue weighted by Gasteiger charge is 2.24. The van der Waals surface area contributed by atoms with Gasteiger partial charge in [-0.2, -0.15) is 0 Å². The van der Waals surface area contributed by atoms with Crippen LogP contribution in [0.4, 0.5) is 5.69 Å². The molecule has 22 heavy (non-hydrogen) atoms. The number of hydrogen-bond acceptors (Lipinski definition) is 4. The van der Waals surface area contributed by atoms with Gasteiger partial charge in [0.25, 0.3) is 0 Å². The van der Waals surface area contributed by atoms with Gasteiger partial charge in [-0.3, -0.25) is 0 Å². The van der Waals surface area contributed by atoms with E-state index in [1.807, 2.05) is 18.8 Å². The van der Waals surface area contributed by atoms with E-state index in [2.05, 4.69) is 39.5 Å². The van der Waals surface area contributed by atoms with E-state index in [1.165, 1.54) is 19.3 Å². The standard InChI is InChI=1S/C17H24N4O/c1-20(2)14-8-10-15(11-9-14)21-17(16(12-22)18-19-21)13-6-4-3-5-7-13/h8-11,13,22H,3-7,12H2,1-2H3. The van der Waals surface area contributed by atoms with Gasteiger partial charge in [0.15, 0.2) is 0 Å². The molecule has 0 saturated heterocycles. The van der Waals surface area contributed by atoms with Crippen LogP contribution in [0.1, 0.15) is 49.4 Å². The lowest BCUT2D eigenvalue weighted by atomic mass is 9.86. The molecular formula is C17H24N4O. The molecule has 1 aromatic carbocycles. The zero-order chi connectivity index (χ0) is 15.5. The Morgan fingerprint density at radius 3 is 2.41 bits per heavy atom. The Balaban J connectivity index is 1.97. The maximum atomic E-state index is 9.60. The second-order valence-corrected chi connectivity index (χ2v) is 6.24. The smallest absolute Gasteiger partial charge is 0.112 e. The predicted octanol–water partition coefficient (Wildman–Crippen LogP) is 2.87. The van der Waals surface area contributed by atoms with Crippen LogP contribution >= 0.6 is 0 Å². The fourth-order valence-electron chi connectivity index (χ4n) is 3.30. The van der Waals surface area contributed by atoms with Crippen molar-refractivity contribution in [2.24, 2.45) is 0 Å². The summed E-state index contributed by atoms with van der Waals surface area (Å²) in [7, 11) is 4.06. The van der Waals surface area contributed by atoms with Gasteiger partial charge in [-0.05, 0) is 37.1 Å². The van der Waals surface area contributed by atoms with Crippen molar-refractivity contribution < 1.29 is 5.11 Å². The minimum atomic E-state index is -0.0401. The molecule has 3 rings (SSSR count). The van der Waals surface area contributed by atoms with Crippen molar-refractivity contribution in [2.45, 2.75) is 44.6 Å². The van der Waals surface area contributed by atoms with Gasteiger partial charge in [0.05, 0.1) is 18.0 Å². The average molecular weight is 300 g/mol. The molecule has 1 N–H and O–H groups in total. The lowest BCUT2D eigenvalue weighted by Crippen LogP contribution is -2.13. The largest absolute Gasteiger partial charge is 0.390 e. The van der Waals surface area contributed by atoms with Crippen LogP contribution in [0.2, 0.25) is 0 Å². The van der Waals surface area contributed by atoms with Crippen molar-refractivity contribution >= 4 is 5.69 Å². The number of aromatic nitrogens is 3. The first-order valence-electron chi connectivity index (χ1n) is 8.04. The van der Waals surface area contributed by atoms with E-state index < -0.39 is 0 Å². The summed E-state index contributed by atoms with van der Waals surface area (Å²) >= 11 is 0. The molecule has 1 fully saturated rings. The molecule has 118 valence electrons. The lowest BCUT2D eigenvalue weighted by Gasteiger charge is -2.23. The van der Waals surface area contributed by atoms with Crippen molar-refractivity contribution in [1.29, 1.82) is 0 Å². The van der Waals surface area contributed by atoms with Gasteiger partial charge in [0.1, 0.15) is 5.69 Å².